The van der Waals surface area contributed by atoms with Crippen LogP contribution in [0.3, 0.4) is 0 Å². The third kappa shape index (κ3) is 3.59. The number of carbonyl (C=O) groups is 2. The minimum atomic E-state index is -0.888. The summed E-state index contributed by atoms with van der Waals surface area (Å²) in [5, 5.41) is 0.359. The van der Waals surface area contributed by atoms with Crippen molar-refractivity contribution in [1.29, 1.82) is 0 Å². The Bertz CT molecular complexity index is 994. The van der Waals surface area contributed by atoms with Gasteiger partial charge in [0.15, 0.2) is 6.61 Å². The zero-order valence-electron chi connectivity index (χ0n) is 13.2. The van der Waals surface area contributed by atoms with Crippen LogP contribution in [0.1, 0.15) is 20.7 Å². The van der Waals surface area contributed by atoms with E-state index in [9.17, 15) is 19.2 Å². The number of halogens is 2. The molecule has 0 aliphatic rings. The van der Waals surface area contributed by atoms with Crippen molar-refractivity contribution < 1.29 is 14.3 Å². The number of carbonyl (C=O) groups excluding carboxylic acids is 2. The zero-order valence-corrected chi connectivity index (χ0v) is 14.7. The first-order valence-electron chi connectivity index (χ1n) is 6.86. The number of anilines is 1. The molecule has 2 aromatic rings. The van der Waals surface area contributed by atoms with E-state index in [-0.39, 0.29) is 21.4 Å². The lowest BCUT2D eigenvalue weighted by molar-refractivity contribution is 0.0474. The fraction of sp³-hybridized carbons (Fsp3) is 0.200. The summed E-state index contributed by atoms with van der Waals surface area (Å²) in [6.45, 7) is -0.751. The number of ketones is 1. The van der Waals surface area contributed by atoms with Crippen molar-refractivity contribution in [3.05, 3.63) is 60.2 Å². The minimum Gasteiger partial charge on any atom is -0.454 e. The largest absolute Gasteiger partial charge is 0.454 e. The number of ether oxygens (including phenoxy) is 1. The van der Waals surface area contributed by atoms with Crippen LogP contribution in [-0.2, 0) is 18.8 Å². The Kier molecular flexibility index (Phi) is 5.34. The average Bonchev–Trinajstić information content (AvgIpc) is 2.58. The molecule has 0 bridgehead atoms. The second-order valence-corrected chi connectivity index (χ2v) is 5.93. The molecule has 0 atom stereocenters. The number of hydrogen-bond acceptors (Lipinski definition) is 6. The molecule has 1 aromatic carbocycles. The van der Waals surface area contributed by atoms with Crippen LogP contribution >= 0.6 is 23.2 Å². The number of benzene rings is 1. The Morgan fingerprint density at radius 1 is 1.16 bits per heavy atom. The lowest BCUT2D eigenvalue weighted by Crippen LogP contribution is -2.42. The third-order valence-electron chi connectivity index (χ3n) is 3.47. The van der Waals surface area contributed by atoms with Crippen LogP contribution in [0.2, 0.25) is 10.0 Å². The maximum absolute atomic E-state index is 12.2. The molecule has 0 saturated heterocycles. The number of nitrogens with two attached hydrogens (primary N) is 1. The summed E-state index contributed by atoms with van der Waals surface area (Å²) in [6, 6.07) is 4.18. The van der Waals surface area contributed by atoms with Gasteiger partial charge in [0, 0.05) is 19.1 Å². The van der Waals surface area contributed by atoms with Crippen molar-refractivity contribution in [3.8, 4) is 0 Å². The van der Waals surface area contributed by atoms with Crippen molar-refractivity contribution in [2.75, 3.05) is 12.3 Å². The van der Waals surface area contributed by atoms with Gasteiger partial charge in [0.05, 0.1) is 10.6 Å². The summed E-state index contributed by atoms with van der Waals surface area (Å²) in [7, 11) is 2.52. The van der Waals surface area contributed by atoms with E-state index in [1.807, 2.05) is 0 Å². The molecular formula is C15H13Cl2N3O5. The molecule has 8 nitrogen and oxygen atoms in total. The van der Waals surface area contributed by atoms with Gasteiger partial charge in [-0.3, -0.25) is 18.7 Å². The number of rotatable bonds is 4. The monoisotopic (exact) mass is 385 g/mol. The van der Waals surface area contributed by atoms with Crippen molar-refractivity contribution in [3.63, 3.8) is 0 Å². The highest BCUT2D eigenvalue weighted by atomic mass is 35.5. The summed E-state index contributed by atoms with van der Waals surface area (Å²) in [5.41, 5.74) is 3.65. The normalized spacial score (nSPS) is 10.6. The van der Waals surface area contributed by atoms with E-state index >= 15 is 0 Å². The van der Waals surface area contributed by atoms with E-state index in [1.165, 1.54) is 32.3 Å². The summed E-state index contributed by atoms with van der Waals surface area (Å²) in [5.74, 6) is -2.05. The molecule has 0 saturated carbocycles. The SMILES string of the molecule is Cn1c(N)c(C(=O)COC(=O)c2cc(Cl)ccc2Cl)c(=O)n(C)c1=O. The first-order valence-corrected chi connectivity index (χ1v) is 7.61. The molecule has 0 unspecified atom stereocenters. The van der Waals surface area contributed by atoms with Gasteiger partial charge in [0.25, 0.3) is 5.56 Å². The average molecular weight is 386 g/mol. The summed E-state index contributed by atoms with van der Waals surface area (Å²) >= 11 is 11.7. The van der Waals surface area contributed by atoms with Gasteiger partial charge in [-0.15, -0.1) is 0 Å². The highest BCUT2D eigenvalue weighted by Crippen LogP contribution is 2.21. The molecule has 0 fully saturated rings. The molecule has 1 heterocycles. The highest BCUT2D eigenvalue weighted by molar-refractivity contribution is 6.35. The standard InChI is InChI=1S/C15H13Cl2N3O5/c1-19-12(18)11(13(22)20(2)15(19)24)10(21)6-25-14(23)8-5-7(16)3-4-9(8)17/h3-5H,6,18H2,1-2H3. The van der Waals surface area contributed by atoms with Gasteiger partial charge in [0.2, 0.25) is 5.78 Å². The van der Waals surface area contributed by atoms with Crippen LogP contribution in [0.15, 0.2) is 27.8 Å². The number of hydrogen-bond donors (Lipinski definition) is 1. The Morgan fingerprint density at radius 2 is 1.80 bits per heavy atom. The van der Waals surface area contributed by atoms with Crippen molar-refractivity contribution in [2.24, 2.45) is 14.1 Å². The van der Waals surface area contributed by atoms with Gasteiger partial charge in [0.1, 0.15) is 11.4 Å². The quantitative estimate of drug-likeness (QED) is 0.620. The van der Waals surface area contributed by atoms with Crippen LogP contribution in [0.4, 0.5) is 5.82 Å². The van der Waals surface area contributed by atoms with Gasteiger partial charge < -0.3 is 10.5 Å². The lowest BCUT2D eigenvalue weighted by Gasteiger charge is -2.11. The first-order chi connectivity index (χ1) is 11.6. The fourth-order valence-electron chi connectivity index (χ4n) is 2.06. The van der Waals surface area contributed by atoms with E-state index in [0.717, 1.165) is 9.13 Å². The fourth-order valence-corrected chi connectivity index (χ4v) is 2.42. The van der Waals surface area contributed by atoms with Gasteiger partial charge in [-0.25, -0.2) is 9.59 Å². The van der Waals surface area contributed by atoms with Gasteiger partial charge >= 0.3 is 11.7 Å². The summed E-state index contributed by atoms with van der Waals surface area (Å²) in [4.78, 5) is 48.1. The van der Waals surface area contributed by atoms with Crippen LogP contribution in [0.25, 0.3) is 0 Å². The van der Waals surface area contributed by atoms with Crippen molar-refractivity contribution in [2.45, 2.75) is 0 Å². The number of Topliss-reactive ketones (excluding diaryl/α,β-unsaturated/α-hetero) is 1. The molecule has 10 heteroatoms. The minimum absolute atomic E-state index is 0.0247. The summed E-state index contributed by atoms with van der Waals surface area (Å²) < 4.78 is 6.56. The van der Waals surface area contributed by atoms with Crippen LogP contribution in [-0.4, -0.2) is 27.5 Å². The topological polar surface area (TPSA) is 113 Å². The molecule has 0 aliphatic heterocycles. The van der Waals surface area contributed by atoms with E-state index < -0.39 is 35.2 Å². The van der Waals surface area contributed by atoms with E-state index in [0.29, 0.717) is 0 Å². The molecule has 0 amide bonds. The molecule has 0 spiro atoms. The molecular weight excluding hydrogens is 373 g/mol. The third-order valence-corrected chi connectivity index (χ3v) is 4.04. The van der Waals surface area contributed by atoms with E-state index in [2.05, 4.69) is 0 Å². The van der Waals surface area contributed by atoms with Gasteiger partial charge in [-0.05, 0) is 18.2 Å². The predicted molar refractivity (Wildman–Crippen MR) is 92.4 cm³/mol. The molecule has 25 heavy (non-hydrogen) atoms. The second kappa shape index (κ2) is 7.12. The van der Waals surface area contributed by atoms with Crippen LogP contribution in [0, 0.1) is 0 Å². The number of esters is 1. The molecule has 1 aromatic heterocycles. The summed E-state index contributed by atoms with van der Waals surface area (Å²) in [6.07, 6.45) is 0. The number of nitrogens with zero attached hydrogens (tertiary/aromatic N) is 2. The van der Waals surface area contributed by atoms with Gasteiger partial charge in [-0.1, -0.05) is 23.2 Å². The molecule has 2 N–H and O–H groups in total. The van der Waals surface area contributed by atoms with E-state index in [4.69, 9.17) is 33.7 Å². The van der Waals surface area contributed by atoms with Gasteiger partial charge in [-0.2, -0.15) is 0 Å². The van der Waals surface area contributed by atoms with Crippen molar-refractivity contribution in [1.82, 2.24) is 9.13 Å². The Labute approximate surface area is 151 Å². The number of aromatic nitrogens is 2. The molecule has 2 rings (SSSR count). The molecule has 0 aliphatic carbocycles. The number of nitrogen functional groups attached to an aromatic ring is 1. The van der Waals surface area contributed by atoms with Crippen LogP contribution in [0.5, 0.6) is 0 Å². The van der Waals surface area contributed by atoms with Crippen LogP contribution < -0.4 is 17.0 Å². The smallest absolute Gasteiger partial charge is 0.340 e. The highest BCUT2D eigenvalue weighted by Gasteiger charge is 2.22. The predicted octanol–water partition coefficient (Wildman–Crippen LogP) is 1.01. The maximum Gasteiger partial charge on any atom is 0.340 e. The lowest BCUT2D eigenvalue weighted by atomic mass is 10.2. The molecule has 132 valence electrons. The molecule has 0 radical (unpaired) electrons. The Morgan fingerprint density at radius 3 is 2.44 bits per heavy atom. The maximum atomic E-state index is 12.2. The first kappa shape index (κ1) is 18.8. The Hall–Kier alpha value is -2.58. The second-order valence-electron chi connectivity index (χ2n) is 5.09. The Balaban J connectivity index is 2.27. The van der Waals surface area contributed by atoms with Crippen molar-refractivity contribution >= 4 is 40.8 Å². The zero-order chi connectivity index (χ0) is 18.9. The van der Waals surface area contributed by atoms with E-state index in [1.54, 1.807) is 0 Å².